The van der Waals surface area contributed by atoms with Crippen molar-refractivity contribution in [1.82, 2.24) is 4.90 Å². The van der Waals surface area contributed by atoms with Crippen LogP contribution in [0.15, 0.2) is 28.7 Å². The zero-order valence-electron chi connectivity index (χ0n) is 10.4. The third kappa shape index (κ3) is 3.73. The first-order chi connectivity index (χ1) is 9.19. The first-order valence-electron chi connectivity index (χ1n) is 5.96. The zero-order valence-corrected chi connectivity index (χ0v) is 12.8. The Kier molecular flexibility index (Phi) is 4.46. The monoisotopic (exact) mass is 371 g/mol. The van der Waals surface area contributed by atoms with E-state index in [1.54, 1.807) is 12.1 Å². The third-order valence-corrected chi connectivity index (χ3v) is 5.38. The minimum atomic E-state index is -4.44. The van der Waals surface area contributed by atoms with E-state index in [9.17, 15) is 21.6 Å². The molecule has 0 saturated carbocycles. The third-order valence-electron chi connectivity index (χ3n) is 3.24. The summed E-state index contributed by atoms with van der Waals surface area (Å²) in [6.45, 7) is -0.189. The molecular formula is C12H13BrF3NO2S. The molecule has 0 spiro atoms. The molecule has 0 N–H and O–H groups in total. The summed E-state index contributed by atoms with van der Waals surface area (Å²) in [6, 6.07) is 4.16. The molecule has 3 nitrogen and oxygen atoms in total. The Morgan fingerprint density at radius 3 is 2.05 bits per heavy atom. The van der Waals surface area contributed by atoms with Crippen LogP contribution < -0.4 is 0 Å². The maximum Gasteiger partial charge on any atom is 0.408 e. The van der Waals surface area contributed by atoms with Crippen molar-refractivity contribution in [2.75, 3.05) is 24.6 Å². The van der Waals surface area contributed by atoms with Crippen molar-refractivity contribution in [1.29, 1.82) is 0 Å². The SMILES string of the molecule is O=S1(=O)CCN(C(c2ccc(Br)cc2)C(F)(F)F)CC1. The molecule has 0 aromatic heterocycles. The highest BCUT2D eigenvalue weighted by atomic mass is 79.9. The van der Waals surface area contributed by atoms with Crippen LogP contribution in [-0.2, 0) is 9.84 Å². The van der Waals surface area contributed by atoms with Crippen molar-refractivity contribution in [3.63, 3.8) is 0 Å². The molecule has 1 aromatic rings. The summed E-state index contributed by atoms with van der Waals surface area (Å²) in [5.74, 6) is -0.452. The predicted molar refractivity (Wildman–Crippen MR) is 73.2 cm³/mol. The van der Waals surface area contributed by atoms with Crippen LogP contribution in [0.1, 0.15) is 11.6 Å². The first kappa shape index (κ1) is 15.8. The van der Waals surface area contributed by atoms with Crippen molar-refractivity contribution in [2.45, 2.75) is 12.2 Å². The lowest BCUT2D eigenvalue weighted by molar-refractivity contribution is -0.185. The Morgan fingerprint density at radius 2 is 1.60 bits per heavy atom. The fourth-order valence-electron chi connectivity index (χ4n) is 2.24. The molecule has 1 atom stereocenters. The maximum absolute atomic E-state index is 13.3. The summed E-state index contributed by atoms with van der Waals surface area (Å²) in [4.78, 5) is 1.18. The Hall–Kier alpha value is -0.600. The number of nitrogens with zero attached hydrogens (tertiary/aromatic N) is 1. The number of hydrogen-bond acceptors (Lipinski definition) is 3. The van der Waals surface area contributed by atoms with E-state index in [1.165, 1.54) is 17.0 Å². The molecule has 2 rings (SSSR count). The normalized spacial score (nSPS) is 21.6. The molecule has 1 fully saturated rings. The predicted octanol–water partition coefficient (Wildman–Crippen LogP) is 2.78. The van der Waals surface area contributed by atoms with Gasteiger partial charge in [0, 0.05) is 17.6 Å². The van der Waals surface area contributed by atoms with Crippen LogP contribution in [0, 0.1) is 0 Å². The number of hydrogen-bond donors (Lipinski definition) is 0. The van der Waals surface area contributed by atoms with Crippen molar-refractivity contribution in [3.8, 4) is 0 Å². The van der Waals surface area contributed by atoms with Gasteiger partial charge in [0.2, 0.25) is 0 Å². The van der Waals surface area contributed by atoms with E-state index in [0.29, 0.717) is 4.47 Å². The van der Waals surface area contributed by atoms with Crippen molar-refractivity contribution >= 4 is 25.8 Å². The molecule has 1 aliphatic rings. The fraction of sp³-hybridized carbons (Fsp3) is 0.500. The van der Waals surface area contributed by atoms with Crippen LogP contribution in [0.2, 0.25) is 0 Å². The second kappa shape index (κ2) is 5.65. The van der Waals surface area contributed by atoms with Gasteiger partial charge in [-0.3, -0.25) is 4.90 Å². The molecule has 112 valence electrons. The van der Waals surface area contributed by atoms with E-state index in [2.05, 4.69) is 15.9 Å². The molecule has 0 bridgehead atoms. The molecule has 0 aliphatic carbocycles. The van der Waals surface area contributed by atoms with Crippen LogP contribution in [-0.4, -0.2) is 44.1 Å². The Bertz CT molecular complexity index is 557. The molecule has 20 heavy (non-hydrogen) atoms. The molecule has 1 saturated heterocycles. The van der Waals surface area contributed by atoms with Crippen molar-refractivity contribution < 1.29 is 21.6 Å². The van der Waals surface area contributed by atoms with Crippen LogP contribution in [0.5, 0.6) is 0 Å². The summed E-state index contributed by atoms with van der Waals surface area (Å²) >= 11 is 3.18. The lowest BCUT2D eigenvalue weighted by atomic mass is 10.0. The van der Waals surface area contributed by atoms with Crippen LogP contribution in [0.3, 0.4) is 0 Å². The summed E-state index contributed by atoms with van der Waals surface area (Å²) in [7, 11) is -3.20. The molecule has 0 amide bonds. The Balaban J connectivity index is 2.28. The van der Waals surface area contributed by atoms with Gasteiger partial charge in [-0.2, -0.15) is 13.2 Å². The highest BCUT2D eigenvalue weighted by molar-refractivity contribution is 9.10. The number of alkyl halides is 3. The average Bonchev–Trinajstić information content (AvgIpc) is 2.32. The van der Waals surface area contributed by atoms with E-state index in [0.717, 1.165) is 0 Å². The lowest BCUT2D eigenvalue weighted by Gasteiger charge is -2.35. The largest absolute Gasteiger partial charge is 0.408 e. The van der Waals surface area contributed by atoms with E-state index < -0.39 is 22.1 Å². The standard InChI is InChI=1S/C12H13BrF3NO2S/c13-10-3-1-9(2-4-10)11(12(14,15)16)17-5-7-20(18,19)8-6-17/h1-4,11H,5-8H2. The number of rotatable bonds is 2. The van der Waals surface area contributed by atoms with Crippen LogP contribution in [0.25, 0.3) is 0 Å². The van der Waals surface area contributed by atoms with Crippen molar-refractivity contribution in [3.05, 3.63) is 34.3 Å². The second-order valence-electron chi connectivity index (χ2n) is 4.68. The topological polar surface area (TPSA) is 37.4 Å². The maximum atomic E-state index is 13.3. The van der Waals surface area contributed by atoms with Gasteiger partial charge in [0.25, 0.3) is 0 Å². The van der Waals surface area contributed by atoms with Gasteiger partial charge in [0.05, 0.1) is 11.5 Å². The van der Waals surface area contributed by atoms with Crippen LogP contribution >= 0.6 is 15.9 Å². The van der Waals surface area contributed by atoms with Gasteiger partial charge in [0.1, 0.15) is 6.04 Å². The van der Waals surface area contributed by atoms with Crippen molar-refractivity contribution in [2.24, 2.45) is 0 Å². The lowest BCUT2D eigenvalue weighted by Crippen LogP contribution is -2.46. The number of sulfone groups is 1. The Morgan fingerprint density at radius 1 is 1.10 bits per heavy atom. The minimum absolute atomic E-state index is 0.0947. The number of halogens is 4. The molecule has 1 heterocycles. The highest BCUT2D eigenvalue weighted by Crippen LogP contribution is 2.38. The summed E-state index contributed by atoms with van der Waals surface area (Å²) in [6.07, 6.45) is -4.44. The molecule has 8 heteroatoms. The van der Waals surface area contributed by atoms with Gasteiger partial charge in [-0.15, -0.1) is 0 Å². The smallest absolute Gasteiger partial charge is 0.287 e. The van der Waals surface area contributed by atoms with E-state index in [-0.39, 0.29) is 30.2 Å². The zero-order chi connectivity index (χ0) is 15.0. The quantitative estimate of drug-likeness (QED) is 0.801. The van der Waals surface area contributed by atoms with E-state index in [1.807, 2.05) is 0 Å². The molecule has 0 radical (unpaired) electrons. The van der Waals surface area contributed by atoms with Gasteiger partial charge in [-0.25, -0.2) is 8.42 Å². The van der Waals surface area contributed by atoms with Gasteiger partial charge in [0.15, 0.2) is 9.84 Å². The molecule has 1 aliphatic heterocycles. The first-order valence-corrected chi connectivity index (χ1v) is 8.57. The molecule has 1 unspecified atom stereocenters. The summed E-state index contributed by atoms with van der Waals surface area (Å²) in [5, 5.41) is 0. The van der Waals surface area contributed by atoms with E-state index in [4.69, 9.17) is 0 Å². The van der Waals surface area contributed by atoms with Gasteiger partial charge in [-0.05, 0) is 17.7 Å². The second-order valence-corrected chi connectivity index (χ2v) is 7.90. The molecule has 1 aromatic carbocycles. The van der Waals surface area contributed by atoms with Gasteiger partial charge < -0.3 is 0 Å². The van der Waals surface area contributed by atoms with E-state index >= 15 is 0 Å². The van der Waals surface area contributed by atoms with Crippen LogP contribution in [0.4, 0.5) is 13.2 Å². The molecular weight excluding hydrogens is 359 g/mol. The fourth-order valence-corrected chi connectivity index (χ4v) is 3.73. The highest BCUT2D eigenvalue weighted by Gasteiger charge is 2.45. The van der Waals surface area contributed by atoms with Gasteiger partial charge >= 0.3 is 6.18 Å². The van der Waals surface area contributed by atoms with Gasteiger partial charge in [-0.1, -0.05) is 28.1 Å². The Labute approximate surface area is 123 Å². The minimum Gasteiger partial charge on any atom is -0.287 e. The summed E-state index contributed by atoms with van der Waals surface area (Å²) in [5.41, 5.74) is 0.125. The number of benzene rings is 1. The average molecular weight is 372 g/mol. The summed E-state index contributed by atoms with van der Waals surface area (Å²) < 4.78 is 63.2.